The molecule has 0 saturated heterocycles. The summed E-state index contributed by atoms with van der Waals surface area (Å²) in [5.74, 6) is 2.27. The summed E-state index contributed by atoms with van der Waals surface area (Å²) in [6.45, 7) is 4.24. The quantitative estimate of drug-likeness (QED) is 0.399. The summed E-state index contributed by atoms with van der Waals surface area (Å²) >= 11 is 0. The van der Waals surface area contributed by atoms with Crippen LogP contribution >= 0.6 is 0 Å². The molecule has 3 aromatic rings. The first-order valence-electron chi connectivity index (χ1n) is 10.5. The van der Waals surface area contributed by atoms with Gasteiger partial charge in [0.15, 0.2) is 11.5 Å². The number of nitrogens with zero attached hydrogens (tertiary/aromatic N) is 1. The third kappa shape index (κ3) is 4.78. The molecule has 0 bridgehead atoms. The van der Waals surface area contributed by atoms with Crippen molar-refractivity contribution in [2.24, 2.45) is 0 Å². The fraction of sp³-hybridized carbons (Fsp3) is 0.400. The average Bonchev–Trinajstić information content (AvgIpc) is 2.77. The Kier molecular flexibility index (Phi) is 7.39. The normalized spacial score (nSPS) is 11.9. The van der Waals surface area contributed by atoms with E-state index in [9.17, 15) is 0 Å². The lowest BCUT2D eigenvalue weighted by Crippen LogP contribution is -2.12. The van der Waals surface area contributed by atoms with Gasteiger partial charge in [-0.1, -0.05) is 44.4 Å². The summed E-state index contributed by atoms with van der Waals surface area (Å²) in [6.07, 6.45) is 4.56. The van der Waals surface area contributed by atoms with Gasteiger partial charge < -0.3 is 19.5 Å². The van der Waals surface area contributed by atoms with Crippen molar-refractivity contribution in [2.75, 3.05) is 26.6 Å². The molecule has 5 heteroatoms. The van der Waals surface area contributed by atoms with Gasteiger partial charge in [-0.2, -0.15) is 0 Å². The number of nitrogens with one attached hydrogen (secondary N) is 1. The van der Waals surface area contributed by atoms with Gasteiger partial charge in [0.1, 0.15) is 11.3 Å². The third-order valence-electron chi connectivity index (χ3n) is 5.39. The summed E-state index contributed by atoms with van der Waals surface area (Å²) < 4.78 is 16.5. The number of aryl methyl sites for hydroxylation is 1. The highest BCUT2D eigenvalue weighted by atomic mass is 16.5. The number of aromatic nitrogens is 1. The van der Waals surface area contributed by atoms with Gasteiger partial charge in [-0.15, -0.1) is 0 Å². The van der Waals surface area contributed by atoms with Crippen LogP contribution in [-0.2, 0) is 0 Å². The minimum Gasteiger partial charge on any atom is -0.494 e. The molecule has 1 atom stereocenters. The van der Waals surface area contributed by atoms with E-state index in [-0.39, 0.29) is 6.04 Å². The summed E-state index contributed by atoms with van der Waals surface area (Å²) in [4.78, 5) is 4.71. The molecule has 0 amide bonds. The van der Waals surface area contributed by atoms with E-state index in [4.69, 9.17) is 19.2 Å². The van der Waals surface area contributed by atoms with Crippen molar-refractivity contribution in [1.82, 2.24) is 4.98 Å². The molecule has 5 nitrogen and oxygen atoms in total. The molecule has 0 saturated carbocycles. The molecule has 1 unspecified atom stereocenters. The van der Waals surface area contributed by atoms with Gasteiger partial charge >= 0.3 is 0 Å². The van der Waals surface area contributed by atoms with Crippen molar-refractivity contribution in [3.8, 4) is 17.2 Å². The second kappa shape index (κ2) is 10.2. The molecule has 1 heterocycles. The maximum atomic E-state index is 5.54. The van der Waals surface area contributed by atoms with E-state index >= 15 is 0 Å². The lowest BCUT2D eigenvalue weighted by molar-refractivity contribution is 0.354. The first-order valence-corrected chi connectivity index (χ1v) is 10.5. The van der Waals surface area contributed by atoms with Gasteiger partial charge in [-0.25, -0.2) is 4.98 Å². The van der Waals surface area contributed by atoms with Crippen molar-refractivity contribution in [3.05, 3.63) is 53.7 Å². The average molecular weight is 409 g/mol. The summed E-state index contributed by atoms with van der Waals surface area (Å²) in [5.41, 5.74) is 4.07. The Hall–Kier alpha value is -2.95. The Morgan fingerprint density at radius 1 is 0.900 bits per heavy atom. The predicted octanol–water partition coefficient (Wildman–Crippen LogP) is 6.30. The molecule has 0 aliphatic heterocycles. The molecule has 0 radical (unpaired) electrons. The van der Waals surface area contributed by atoms with Crippen molar-refractivity contribution in [3.63, 3.8) is 0 Å². The van der Waals surface area contributed by atoms with Gasteiger partial charge in [0.2, 0.25) is 0 Å². The topological polar surface area (TPSA) is 52.6 Å². The fourth-order valence-electron chi connectivity index (χ4n) is 3.81. The Morgan fingerprint density at radius 2 is 1.67 bits per heavy atom. The van der Waals surface area contributed by atoms with Crippen LogP contribution in [0.4, 0.5) is 5.69 Å². The molecular formula is C25H32N2O3. The Labute approximate surface area is 179 Å². The smallest absolute Gasteiger partial charge is 0.161 e. The van der Waals surface area contributed by atoms with Crippen LogP contribution < -0.4 is 19.5 Å². The Morgan fingerprint density at radius 3 is 2.37 bits per heavy atom. The molecule has 30 heavy (non-hydrogen) atoms. The van der Waals surface area contributed by atoms with E-state index in [2.05, 4.69) is 36.5 Å². The number of hydrogen-bond donors (Lipinski definition) is 1. The van der Waals surface area contributed by atoms with Crippen LogP contribution in [0, 0.1) is 6.92 Å². The first kappa shape index (κ1) is 21.8. The molecule has 0 fully saturated rings. The number of benzene rings is 2. The van der Waals surface area contributed by atoms with Crippen LogP contribution in [0.5, 0.6) is 17.2 Å². The standard InChI is InChI=1S/C25H32N2O3/c1-6-7-8-11-20(18-13-14-22(28-3)24(16-18)30-5)27-21-15-17(2)26-25-19(21)10-9-12-23(25)29-4/h9-10,12-16,20H,6-8,11H2,1-5H3,(H,26,27). The number of hydrogen-bond acceptors (Lipinski definition) is 5. The van der Waals surface area contributed by atoms with Crippen LogP contribution in [0.1, 0.15) is 49.9 Å². The second-order valence-corrected chi connectivity index (χ2v) is 7.47. The van der Waals surface area contributed by atoms with Gasteiger partial charge in [-0.05, 0) is 43.2 Å². The zero-order valence-corrected chi connectivity index (χ0v) is 18.6. The highest BCUT2D eigenvalue weighted by Gasteiger charge is 2.17. The fourth-order valence-corrected chi connectivity index (χ4v) is 3.81. The molecule has 2 aromatic carbocycles. The van der Waals surface area contributed by atoms with E-state index < -0.39 is 0 Å². The van der Waals surface area contributed by atoms with E-state index in [0.717, 1.165) is 52.4 Å². The van der Waals surface area contributed by atoms with Crippen molar-refractivity contribution < 1.29 is 14.2 Å². The highest BCUT2D eigenvalue weighted by molar-refractivity contribution is 5.95. The lowest BCUT2D eigenvalue weighted by Gasteiger charge is -2.23. The van der Waals surface area contributed by atoms with Crippen molar-refractivity contribution in [2.45, 2.75) is 45.6 Å². The molecular weight excluding hydrogens is 376 g/mol. The molecule has 3 rings (SSSR count). The van der Waals surface area contributed by atoms with E-state index in [1.54, 1.807) is 21.3 Å². The van der Waals surface area contributed by atoms with Crippen LogP contribution in [0.15, 0.2) is 42.5 Å². The molecule has 0 spiro atoms. The zero-order chi connectivity index (χ0) is 21.5. The summed E-state index contributed by atoms with van der Waals surface area (Å²) in [5, 5.41) is 4.84. The minimum absolute atomic E-state index is 0.146. The molecule has 0 aliphatic carbocycles. The van der Waals surface area contributed by atoms with Gasteiger partial charge in [0.25, 0.3) is 0 Å². The third-order valence-corrected chi connectivity index (χ3v) is 5.39. The van der Waals surface area contributed by atoms with Gasteiger partial charge in [0, 0.05) is 16.8 Å². The molecule has 1 N–H and O–H groups in total. The van der Waals surface area contributed by atoms with E-state index in [0.29, 0.717) is 0 Å². The number of fused-ring (bicyclic) bond motifs is 1. The number of rotatable bonds is 10. The summed E-state index contributed by atoms with van der Waals surface area (Å²) in [7, 11) is 5.02. The number of pyridine rings is 1. The number of ether oxygens (including phenoxy) is 3. The van der Waals surface area contributed by atoms with E-state index in [1.165, 1.54) is 18.4 Å². The molecule has 1 aromatic heterocycles. The SMILES string of the molecule is CCCCCC(Nc1cc(C)nc2c(OC)cccc12)c1ccc(OC)c(OC)c1. The number of unbranched alkanes of at least 4 members (excludes halogenated alkanes) is 2. The van der Waals surface area contributed by atoms with Crippen LogP contribution in [0.3, 0.4) is 0 Å². The van der Waals surface area contributed by atoms with Crippen molar-refractivity contribution >= 4 is 16.6 Å². The molecule has 0 aliphatic rings. The Bertz CT molecular complexity index is 988. The number of methoxy groups -OCH3 is 3. The van der Waals surface area contributed by atoms with Crippen LogP contribution in [0.25, 0.3) is 10.9 Å². The summed E-state index contributed by atoms with van der Waals surface area (Å²) in [6, 6.07) is 14.5. The largest absolute Gasteiger partial charge is 0.494 e. The first-order chi connectivity index (χ1) is 14.6. The van der Waals surface area contributed by atoms with Crippen LogP contribution in [-0.4, -0.2) is 26.3 Å². The second-order valence-electron chi connectivity index (χ2n) is 7.47. The van der Waals surface area contributed by atoms with E-state index in [1.807, 2.05) is 25.1 Å². The number of para-hydroxylation sites is 1. The predicted molar refractivity (Wildman–Crippen MR) is 123 cm³/mol. The van der Waals surface area contributed by atoms with Crippen molar-refractivity contribution in [1.29, 1.82) is 0 Å². The lowest BCUT2D eigenvalue weighted by atomic mass is 9.99. The minimum atomic E-state index is 0.146. The highest BCUT2D eigenvalue weighted by Crippen LogP contribution is 2.36. The van der Waals surface area contributed by atoms with Crippen LogP contribution in [0.2, 0.25) is 0 Å². The molecule has 160 valence electrons. The monoisotopic (exact) mass is 408 g/mol. The maximum Gasteiger partial charge on any atom is 0.161 e. The zero-order valence-electron chi connectivity index (χ0n) is 18.6. The maximum absolute atomic E-state index is 5.54. The number of anilines is 1. The van der Waals surface area contributed by atoms with Gasteiger partial charge in [-0.3, -0.25) is 0 Å². The Balaban J connectivity index is 2.02. The van der Waals surface area contributed by atoms with Gasteiger partial charge in [0.05, 0.1) is 27.4 Å².